The summed E-state index contributed by atoms with van der Waals surface area (Å²) < 4.78 is 8.54. The minimum Gasteiger partial charge on any atom is -0.469 e. The highest BCUT2D eigenvalue weighted by Crippen LogP contribution is 2.55. The lowest BCUT2D eigenvalue weighted by molar-refractivity contribution is -0.142. The Bertz CT molecular complexity index is 3280. The first-order valence-electron chi connectivity index (χ1n) is 21.6. The molecule has 0 radical (unpaired) electrons. The fourth-order valence-corrected chi connectivity index (χ4v) is 10.7. The monoisotopic (exact) mass is 916 g/mol. The number of nitrogens with one attached hydrogen (secondary N) is 2. The van der Waals surface area contributed by atoms with Gasteiger partial charge in [0.2, 0.25) is 0 Å². The average Bonchev–Trinajstić information content (AvgIpc) is 4.03. The number of ether oxygens (including phenoxy) is 1. The maximum atomic E-state index is 12.1. The van der Waals surface area contributed by atoms with Crippen LogP contribution in [0.25, 0.3) is 55.0 Å². The zero-order valence-electron chi connectivity index (χ0n) is 36.9. The van der Waals surface area contributed by atoms with E-state index >= 15 is 0 Å². The Morgan fingerprint density at radius 1 is 0.818 bits per heavy atom. The van der Waals surface area contributed by atoms with Gasteiger partial charge in [0.25, 0.3) is 0 Å². The van der Waals surface area contributed by atoms with Crippen LogP contribution in [0.4, 0.5) is 11.4 Å². The molecule has 0 saturated heterocycles. The van der Waals surface area contributed by atoms with E-state index in [1.165, 1.54) is 36.0 Å². The number of carbonyl (C=O) groups is 1. The molecule has 66 heavy (non-hydrogen) atoms. The normalized spacial score (nSPS) is 18.3. The summed E-state index contributed by atoms with van der Waals surface area (Å²) in [5.74, 6) is -0.140. The molecule has 19 heteroatoms. The van der Waals surface area contributed by atoms with Crippen LogP contribution in [0.5, 0.6) is 0 Å². The topological polar surface area (TPSA) is 230 Å². The summed E-state index contributed by atoms with van der Waals surface area (Å²) >= 11 is 2.97. The van der Waals surface area contributed by atoms with Gasteiger partial charge in [-0.1, -0.05) is 22.7 Å². The van der Waals surface area contributed by atoms with Gasteiger partial charge in [-0.3, -0.25) is 14.8 Å². The molecule has 8 aromatic heterocycles. The Labute approximate surface area is 387 Å². The van der Waals surface area contributed by atoms with Crippen LogP contribution < -0.4 is 10.6 Å². The molecule has 0 spiro atoms. The second-order valence-corrected chi connectivity index (χ2v) is 19.9. The van der Waals surface area contributed by atoms with Crippen LogP contribution in [-0.2, 0) is 16.0 Å². The van der Waals surface area contributed by atoms with Crippen LogP contribution in [0.1, 0.15) is 86.0 Å². The van der Waals surface area contributed by atoms with E-state index in [4.69, 9.17) is 19.8 Å². The van der Waals surface area contributed by atoms with E-state index in [0.717, 1.165) is 66.9 Å². The van der Waals surface area contributed by atoms with Crippen LogP contribution in [0.2, 0.25) is 0 Å². The molecule has 2 saturated carbocycles. The summed E-state index contributed by atoms with van der Waals surface area (Å²) in [6.45, 7) is 9.90. The number of fused-ring (bicyclic) bond motifs is 2. The minimum atomic E-state index is -0.804. The van der Waals surface area contributed by atoms with Crippen molar-refractivity contribution in [2.75, 3.05) is 17.7 Å². The first kappa shape index (κ1) is 42.7. The number of pyridine rings is 2. The molecule has 2 fully saturated rings. The fraction of sp³-hybridized carbons (Fsp3) is 0.340. The molecule has 8 aromatic rings. The van der Waals surface area contributed by atoms with Crippen LogP contribution in [0, 0.1) is 34.5 Å². The molecular formula is C47H44N14O3S2. The van der Waals surface area contributed by atoms with Crippen molar-refractivity contribution < 1.29 is 14.6 Å². The van der Waals surface area contributed by atoms with Crippen molar-refractivity contribution in [2.45, 2.75) is 83.4 Å². The Morgan fingerprint density at radius 3 is 2.06 bits per heavy atom. The molecule has 3 N–H and O–H groups in total. The summed E-state index contributed by atoms with van der Waals surface area (Å²) in [6, 6.07) is 17.9. The van der Waals surface area contributed by atoms with E-state index < -0.39 is 5.60 Å². The van der Waals surface area contributed by atoms with Crippen molar-refractivity contribution in [3.63, 3.8) is 0 Å². The molecule has 5 unspecified atom stereocenters. The van der Waals surface area contributed by atoms with E-state index in [2.05, 4.69) is 75.1 Å². The number of aliphatic hydroxyl groups is 1. The van der Waals surface area contributed by atoms with Crippen molar-refractivity contribution in [3.05, 3.63) is 94.0 Å². The predicted molar refractivity (Wildman–Crippen MR) is 250 cm³/mol. The number of anilines is 2. The lowest BCUT2D eigenvalue weighted by Gasteiger charge is -2.18. The molecule has 0 bridgehead atoms. The molecule has 2 aliphatic rings. The number of methoxy groups -OCH3 is 1. The van der Waals surface area contributed by atoms with Gasteiger partial charge in [0.05, 0.1) is 87.1 Å². The zero-order valence-corrected chi connectivity index (χ0v) is 38.5. The molecule has 0 aromatic carbocycles. The number of hydrogen-bond donors (Lipinski definition) is 3. The van der Waals surface area contributed by atoms with Crippen molar-refractivity contribution >= 4 is 51.1 Å². The second-order valence-electron chi connectivity index (χ2n) is 17.9. The van der Waals surface area contributed by atoms with Crippen molar-refractivity contribution in [2.24, 2.45) is 11.8 Å². The molecule has 5 atom stereocenters. The highest BCUT2D eigenvalue weighted by Gasteiger charge is 2.50. The first-order chi connectivity index (χ1) is 31.8. The number of aromatic nitrogens is 10. The Morgan fingerprint density at radius 2 is 1.44 bits per heavy atom. The lowest BCUT2D eigenvalue weighted by Crippen LogP contribution is -2.22. The van der Waals surface area contributed by atoms with Gasteiger partial charge >= 0.3 is 5.97 Å². The van der Waals surface area contributed by atoms with E-state index in [1.807, 2.05) is 48.7 Å². The third kappa shape index (κ3) is 8.10. The second kappa shape index (κ2) is 16.7. The Hall–Kier alpha value is -7.19. The van der Waals surface area contributed by atoms with E-state index in [-0.39, 0.29) is 41.7 Å². The molecular weight excluding hydrogens is 873 g/mol. The number of nitriles is 2. The van der Waals surface area contributed by atoms with Crippen LogP contribution in [0.3, 0.4) is 0 Å². The smallest absolute Gasteiger partial charge is 0.309 e. The first-order valence-corrected chi connectivity index (χ1v) is 23.2. The van der Waals surface area contributed by atoms with Crippen molar-refractivity contribution in [1.82, 2.24) is 49.6 Å². The molecule has 0 amide bonds. The minimum absolute atomic E-state index is 0.00560. The highest BCUT2D eigenvalue weighted by atomic mass is 32.1. The molecule has 8 heterocycles. The SMILES string of the molecule is COC(=O)C1CC1c1nnc(-c2cnc(-c3cc(CC(C)Nc4cc(-c5ccc6cc(C#N)cnn56)ncc4-c4nnc(C5CC5C(C)(C)O)s4)c4cc(C#N)cnn34)cc2NC(C)C)s1. The van der Waals surface area contributed by atoms with E-state index in [0.29, 0.717) is 45.4 Å². The fourth-order valence-electron chi connectivity index (χ4n) is 8.65. The molecule has 2 aliphatic carbocycles. The zero-order chi connectivity index (χ0) is 46.0. The molecule has 17 nitrogen and oxygen atoms in total. The molecule has 332 valence electrons. The number of rotatable bonds is 14. The quantitative estimate of drug-likeness (QED) is 0.0881. The van der Waals surface area contributed by atoms with Gasteiger partial charge in [0.1, 0.15) is 22.2 Å². The van der Waals surface area contributed by atoms with Crippen molar-refractivity contribution in [3.8, 4) is 56.1 Å². The van der Waals surface area contributed by atoms with Gasteiger partial charge in [0, 0.05) is 47.7 Å². The standard InChI is InChI=1S/C47H44N14O3S2/c1-23(2)54-35-15-38(51-21-32(35)44-58-56-42(65-44)29-13-30(29)46(62)64-6)41-12-27(40-11-26(18-49)20-53-61(40)41)9-24(3)55-36-16-37(39-8-7-28-10-25(17-48)19-52-60(28)39)50-22-33(36)45-59-57-43(66-45)31-14-34(31)47(4,5)63/h7-8,10-12,15-16,19-24,29-31,34,63H,9,13-14H2,1-6H3,(H,50,55)(H,51,54). The molecule has 10 rings (SSSR count). The van der Waals surface area contributed by atoms with Crippen LogP contribution in [0.15, 0.2) is 67.3 Å². The maximum absolute atomic E-state index is 12.1. The summed E-state index contributed by atoms with van der Waals surface area (Å²) in [4.78, 5) is 22.0. The van der Waals surface area contributed by atoms with Gasteiger partial charge in [-0.2, -0.15) is 20.7 Å². The Balaban J connectivity index is 0.986. The van der Waals surface area contributed by atoms with E-state index in [9.17, 15) is 20.4 Å². The van der Waals surface area contributed by atoms with E-state index in [1.54, 1.807) is 29.2 Å². The summed E-state index contributed by atoms with van der Waals surface area (Å²) in [5, 5.41) is 68.0. The number of nitrogens with zero attached hydrogens (tertiary/aromatic N) is 12. The number of carbonyl (C=O) groups excluding carboxylic acids is 1. The van der Waals surface area contributed by atoms with Gasteiger partial charge in [-0.15, -0.1) is 20.4 Å². The maximum Gasteiger partial charge on any atom is 0.309 e. The van der Waals surface area contributed by atoms with Crippen LogP contribution in [-0.4, -0.2) is 85.5 Å². The predicted octanol–water partition coefficient (Wildman–Crippen LogP) is 7.90. The van der Waals surface area contributed by atoms with Crippen molar-refractivity contribution in [1.29, 1.82) is 10.5 Å². The summed E-state index contributed by atoms with van der Waals surface area (Å²) in [6.07, 6.45) is 8.78. The van der Waals surface area contributed by atoms with Gasteiger partial charge < -0.3 is 20.5 Å². The Kier molecular flexibility index (Phi) is 10.8. The van der Waals surface area contributed by atoms with Gasteiger partial charge in [-0.05, 0) is 108 Å². The third-order valence-electron chi connectivity index (χ3n) is 12.1. The number of hydrogen-bond acceptors (Lipinski definition) is 17. The summed E-state index contributed by atoms with van der Waals surface area (Å²) in [7, 11) is 1.40. The largest absolute Gasteiger partial charge is 0.469 e. The van der Waals surface area contributed by atoms with Crippen LogP contribution >= 0.6 is 22.7 Å². The highest BCUT2D eigenvalue weighted by molar-refractivity contribution is 7.15. The third-order valence-corrected chi connectivity index (χ3v) is 14.3. The van der Waals surface area contributed by atoms with Gasteiger partial charge in [0.15, 0.2) is 10.0 Å². The number of esters is 1. The average molecular weight is 917 g/mol. The lowest BCUT2D eigenvalue weighted by atomic mass is 10.0. The molecule has 0 aliphatic heterocycles. The summed E-state index contributed by atoms with van der Waals surface area (Å²) in [5.41, 5.74) is 8.63. The van der Waals surface area contributed by atoms with Gasteiger partial charge in [-0.25, -0.2) is 9.03 Å².